The van der Waals surface area contributed by atoms with Crippen LogP contribution in [0.1, 0.15) is 19.4 Å². The van der Waals surface area contributed by atoms with Crippen molar-refractivity contribution in [3.05, 3.63) is 23.9 Å². The third kappa shape index (κ3) is 4.71. The maximum absolute atomic E-state index is 5.38. The molecule has 0 aliphatic rings. The zero-order chi connectivity index (χ0) is 12.5. The molecule has 96 valence electrons. The quantitative estimate of drug-likeness (QED) is 0.698. The topological polar surface area (TPSA) is 37.4 Å². The Hall–Kier alpha value is -1.13. The Kier molecular flexibility index (Phi) is 6.58. The Bertz CT molecular complexity index is 317. The number of anilines is 1. The van der Waals surface area contributed by atoms with Gasteiger partial charge in [0, 0.05) is 32.4 Å². The molecule has 0 atom stereocenters. The third-order valence-corrected chi connectivity index (χ3v) is 2.61. The zero-order valence-corrected chi connectivity index (χ0v) is 11.1. The number of rotatable bonds is 8. The van der Waals surface area contributed by atoms with E-state index in [0.717, 1.165) is 38.7 Å². The molecule has 0 aliphatic carbocycles. The second-order valence-corrected chi connectivity index (χ2v) is 3.83. The van der Waals surface area contributed by atoms with Gasteiger partial charge < -0.3 is 15.0 Å². The van der Waals surface area contributed by atoms with E-state index in [-0.39, 0.29) is 0 Å². The Labute approximate surface area is 104 Å². The van der Waals surface area contributed by atoms with Crippen molar-refractivity contribution in [3.63, 3.8) is 0 Å². The highest BCUT2D eigenvalue weighted by atomic mass is 16.5. The molecule has 0 aliphatic heterocycles. The molecule has 1 rings (SSSR count). The van der Waals surface area contributed by atoms with Gasteiger partial charge in [-0.2, -0.15) is 0 Å². The Morgan fingerprint density at radius 3 is 2.88 bits per heavy atom. The molecule has 0 bridgehead atoms. The number of nitrogens with zero attached hydrogens (tertiary/aromatic N) is 2. The van der Waals surface area contributed by atoms with Gasteiger partial charge in [-0.15, -0.1) is 0 Å². The van der Waals surface area contributed by atoms with Crippen molar-refractivity contribution in [1.82, 2.24) is 10.3 Å². The van der Waals surface area contributed by atoms with Crippen LogP contribution in [0.4, 0.5) is 5.82 Å². The summed E-state index contributed by atoms with van der Waals surface area (Å²) in [6, 6.07) is 4.17. The van der Waals surface area contributed by atoms with E-state index >= 15 is 0 Å². The summed E-state index contributed by atoms with van der Waals surface area (Å²) in [5.74, 6) is 1.03. The summed E-state index contributed by atoms with van der Waals surface area (Å²) in [4.78, 5) is 6.65. The van der Waals surface area contributed by atoms with Crippen molar-refractivity contribution in [2.24, 2.45) is 0 Å². The number of hydrogen-bond donors (Lipinski definition) is 1. The van der Waals surface area contributed by atoms with Gasteiger partial charge >= 0.3 is 0 Å². The SMILES string of the molecule is CCOCCN(CC)c1cc(CNC)ccn1. The molecular formula is C13H23N3O. The van der Waals surface area contributed by atoms with Crippen molar-refractivity contribution in [2.45, 2.75) is 20.4 Å². The number of aromatic nitrogens is 1. The number of hydrogen-bond acceptors (Lipinski definition) is 4. The first-order valence-corrected chi connectivity index (χ1v) is 6.24. The van der Waals surface area contributed by atoms with E-state index in [2.05, 4.69) is 28.2 Å². The molecule has 4 heteroatoms. The van der Waals surface area contributed by atoms with E-state index in [0.29, 0.717) is 0 Å². The molecule has 0 fully saturated rings. The lowest BCUT2D eigenvalue weighted by atomic mass is 10.2. The van der Waals surface area contributed by atoms with Gasteiger partial charge in [-0.1, -0.05) is 0 Å². The van der Waals surface area contributed by atoms with Crippen LogP contribution in [0.3, 0.4) is 0 Å². The normalized spacial score (nSPS) is 10.5. The lowest BCUT2D eigenvalue weighted by Gasteiger charge is -2.22. The van der Waals surface area contributed by atoms with Gasteiger partial charge in [0.25, 0.3) is 0 Å². The molecule has 0 saturated heterocycles. The van der Waals surface area contributed by atoms with Crippen LogP contribution in [0.15, 0.2) is 18.3 Å². The highest BCUT2D eigenvalue weighted by Crippen LogP contribution is 2.12. The molecular weight excluding hydrogens is 214 g/mol. The number of ether oxygens (including phenoxy) is 1. The van der Waals surface area contributed by atoms with E-state index in [1.165, 1.54) is 5.56 Å². The smallest absolute Gasteiger partial charge is 0.128 e. The maximum atomic E-state index is 5.38. The van der Waals surface area contributed by atoms with Crippen LogP contribution < -0.4 is 10.2 Å². The minimum Gasteiger partial charge on any atom is -0.380 e. The second-order valence-electron chi connectivity index (χ2n) is 3.83. The molecule has 0 radical (unpaired) electrons. The first kappa shape index (κ1) is 13.9. The first-order chi connectivity index (χ1) is 8.31. The summed E-state index contributed by atoms with van der Waals surface area (Å²) < 4.78 is 5.38. The van der Waals surface area contributed by atoms with E-state index in [4.69, 9.17) is 4.74 Å². The summed E-state index contributed by atoms with van der Waals surface area (Å²) in [5.41, 5.74) is 1.26. The van der Waals surface area contributed by atoms with Gasteiger partial charge in [-0.3, -0.25) is 0 Å². The molecule has 0 aromatic carbocycles. The molecule has 1 heterocycles. The largest absolute Gasteiger partial charge is 0.380 e. The van der Waals surface area contributed by atoms with Crippen LogP contribution in [0.5, 0.6) is 0 Å². The summed E-state index contributed by atoms with van der Waals surface area (Å²) in [6.45, 7) is 8.38. The van der Waals surface area contributed by atoms with Crippen LogP contribution in [0.2, 0.25) is 0 Å². The average Bonchev–Trinajstić information content (AvgIpc) is 2.35. The summed E-state index contributed by atoms with van der Waals surface area (Å²) >= 11 is 0. The van der Waals surface area contributed by atoms with Gasteiger partial charge in [0.15, 0.2) is 0 Å². The Balaban J connectivity index is 2.63. The molecule has 4 nitrogen and oxygen atoms in total. The summed E-state index contributed by atoms with van der Waals surface area (Å²) in [6.07, 6.45) is 1.87. The fraction of sp³-hybridized carbons (Fsp3) is 0.615. The van der Waals surface area contributed by atoms with Crippen molar-refractivity contribution in [1.29, 1.82) is 0 Å². The fourth-order valence-electron chi connectivity index (χ4n) is 1.70. The molecule has 1 aromatic heterocycles. The van der Waals surface area contributed by atoms with Gasteiger partial charge in [-0.25, -0.2) is 4.98 Å². The van der Waals surface area contributed by atoms with E-state index in [9.17, 15) is 0 Å². The van der Waals surface area contributed by atoms with Crippen molar-refractivity contribution in [3.8, 4) is 0 Å². The third-order valence-electron chi connectivity index (χ3n) is 2.61. The van der Waals surface area contributed by atoms with Crippen LogP contribution >= 0.6 is 0 Å². The predicted octanol–water partition coefficient (Wildman–Crippen LogP) is 1.66. The second kappa shape index (κ2) is 8.03. The number of likely N-dealkylation sites (N-methyl/N-ethyl adjacent to an activating group) is 1. The summed E-state index contributed by atoms with van der Waals surface area (Å²) in [5, 5.41) is 3.15. The average molecular weight is 237 g/mol. The van der Waals surface area contributed by atoms with E-state index < -0.39 is 0 Å². The van der Waals surface area contributed by atoms with Gasteiger partial charge in [0.05, 0.1) is 6.61 Å². The minimum absolute atomic E-state index is 0.752. The highest BCUT2D eigenvalue weighted by Gasteiger charge is 2.05. The zero-order valence-electron chi connectivity index (χ0n) is 11.1. The van der Waals surface area contributed by atoms with Gasteiger partial charge in [-0.05, 0) is 38.6 Å². The highest BCUT2D eigenvalue weighted by molar-refractivity contribution is 5.40. The van der Waals surface area contributed by atoms with E-state index in [1.807, 2.05) is 26.2 Å². The predicted molar refractivity (Wildman–Crippen MR) is 71.4 cm³/mol. The minimum atomic E-state index is 0.752. The van der Waals surface area contributed by atoms with Crippen molar-refractivity contribution in [2.75, 3.05) is 38.3 Å². The van der Waals surface area contributed by atoms with Crippen LogP contribution in [-0.2, 0) is 11.3 Å². The molecule has 0 amide bonds. The number of pyridine rings is 1. The molecule has 1 aromatic rings. The van der Waals surface area contributed by atoms with Crippen molar-refractivity contribution >= 4 is 5.82 Å². The molecule has 1 N–H and O–H groups in total. The van der Waals surface area contributed by atoms with E-state index in [1.54, 1.807) is 0 Å². The first-order valence-electron chi connectivity index (χ1n) is 6.24. The Morgan fingerprint density at radius 1 is 1.41 bits per heavy atom. The Morgan fingerprint density at radius 2 is 2.24 bits per heavy atom. The molecule has 0 spiro atoms. The van der Waals surface area contributed by atoms with Gasteiger partial charge in [0.1, 0.15) is 5.82 Å². The summed E-state index contributed by atoms with van der Waals surface area (Å²) in [7, 11) is 1.95. The van der Waals surface area contributed by atoms with Crippen LogP contribution in [0.25, 0.3) is 0 Å². The van der Waals surface area contributed by atoms with Crippen molar-refractivity contribution < 1.29 is 4.74 Å². The van der Waals surface area contributed by atoms with Crippen LogP contribution in [-0.4, -0.2) is 38.3 Å². The molecule has 0 saturated carbocycles. The fourth-order valence-corrected chi connectivity index (χ4v) is 1.70. The standard InChI is InChI=1S/C13H23N3O/c1-4-16(8-9-17-5-2)13-10-12(11-14-3)6-7-15-13/h6-7,10,14H,4-5,8-9,11H2,1-3H3. The molecule has 0 unspecified atom stereocenters. The molecule has 17 heavy (non-hydrogen) atoms. The monoisotopic (exact) mass is 237 g/mol. The van der Waals surface area contributed by atoms with Gasteiger partial charge in [0.2, 0.25) is 0 Å². The lowest BCUT2D eigenvalue weighted by Crippen LogP contribution is -2.28. The van der Waals surface area contributed by atoms with Crippen LogP contribution in [0, 0.1) is 0 Å². The maximum Gasteiger partial charge on any atom is 0.128 e. The number of nitrogens with one attached hydrogen (secondary N) is 1. The lowest BCUT2D eigenvalue weighted by molar-refractivity contribution is 0.154.